The van der Waals surface area contributed by atoms with E-state index in [2.05, 4.69) is 15.7 Å². The molecule has 32 heavy (non-hydrogen) atoms. The van der Waals surface area contributed by atoms with Gasteiger partial charge in [-0.2, -0.15) is 0 Å². The Balaban J connectivity index is 1.22. The third kappa shape index (κ3) is 5.63. The number of hydrogen-bond donors (Lipinski definition) is 1. The van der Waals surface area contributed by atoms with Gasteiger partial charge in [0.2, 0.25) is 15.9 Å². The Labute approximate surface area is 195 Å². The summed E-state index contributed by atoms with van der Waals surface area (Å²) in [4.78, 5) is 17.6. The lowest BCUT2D eigenvalue weighted by molar-refractivity contribution is -0.137. The second kappa shape index (κ2) is 10.2. The number of piperazine rings is 1. The Morgan fingerprint density at radius 2 is 1.62 bits per heavy atom. The van der Waals surface area contributed by atoms with Crippen molar-refractivity contribution in [3.8, 4) is 0 Å². The third-order valence-corrected chi connectivity index (χ3v) is 8.25. The SMILES string of the molecule is O=C(C1CCC(CNS(=O)(=O)c2ccccc2)CC1)N1CCN(c2cccc(Cl)c2)CC1. The minimum Gasteiger partial charge on any atom is -0.368 e. The van der Waals surface area contributed by atoms with E-state index in [1.54, 1.807) is 30.3 Å². The molecule has 1 saturated carbocycles. The van der Waals surface area contributed by atoms with Crippen molar-refractivity contribution in [2.45, 2.75) is 30.6 Å². The van der Waals surface area contributed by atoms with E-state index in [9.17, 15) is 13.2 Å². The molecule has 4 rings (SSSR count). The predicted molar refractivity (Wildman–Crippen MR) is 127 cm³/mol. The molecule has 2 fully saturated rings. The van der Waals surface area contributed by atoms with Crippen molar-refractivity contribution < 1.29 is 13.2 Å². The zero-order valence-electron chi connectivity index (χ0n) is 18.1. The number of carbonyl (C=O) groups is 1. The second-order valence-electron chi connectivity index (χ2n) is 8.67. The first-order chi connectivity index (χ1) is 15.4. The highest BCUT2D eigenvalue weighted by molar-refractivity contribution is 7.89. The van der Waals surface area contributed by atoms with Crippen LogP contribution < -0.4 is 9.62 Å². The smallest absolute Gasteiger partial charge is 0.240 e. The number of carbonyl (C=O) groups excluding carboxylic acids is 1. The van der Waals surface area contributed by atoms with Crippen LogP contribution in [0.1, 0.15) is 25.7 Å². The Morgan fingerprint density at radius 1 is 0.938 bits per heavy atom. The van der Waals surface area contributed by atoms with Gasteiger partial charge in [0.05, 0.1) is 4.90 Å². The van der Waals surface area contributed by atoms with Gasteiger partial charge >= 0.3 is 0 Å². The number of benzene rings is 2. The molecule has 0 spiro atoms. The highest BCUT2D eigenvalue weighted by atomic mass is 35.5. The van der Waals surface area contributed by atoms with Gasteiger partial charge < -0.3 is 9.80 Å². The van der Waals surface area contributed by atoms with Gasteiger partial charge in [0, 0.05) is 49.4 Å². The molecule has 2 aromatic rings. The number of nitrogens with zero attached hydrogens (tertiary/aromatic N) is 2. The zero-order chi connectivity index (χ0) is 22.6. The molecular formula is C24H30ClN3O3S. The number of amides is 1. The minimum atomic E-state index is -3.48. The van der Waals surface area contributed by atoms with Gasteiger partial charge in [0.1, 0.15) is 0 Å². The molecule has 1 saturated heterocycles. The fourth-order valence-electron chi connectivity index (χ4n) is 4.64. The molecule has 172 valence electrons. The largest absolute Gasteiger partial charge is 0.368 e. The van der Waals surface area contributed by atoms with E-state index in [4.69, 9.17) is 11.6 Å². The number of sulfonamides is 1. The summed E-state index contributed by atoms with van der Waals surface area (Å²) in [6, 6.07) is 16.3. The first-order valence-electron chi connectivity index (χ1n) is 11.3. The van der Waals surface area contributed by atoms with Crippen LogP contribution in [0.3, 0.4) is 0 Å². The van der Waals surface area contributed by atoms with E-state index in [-0.39, 0.29) is 17.7 Å². The lowest BCUT2D eigenvalue weighted by atomic mass is 9.81. The fraction of sp³-hybridized carbons (Fsp3) is 0.458. The van der Waals surface area contributed by atoms with Crippen LogP contribution in [0.15, 0.2) is 59.5 Å². The molecule has 1 aliphatic heterocycles. The summed E-state index contributed by atoms with van der Waals surface area (Å²) in [6.07, 6.45) is 3.39. The maximum Gasteiger partial charge on any atom is 0.240 e. The third-order valence-electron chi connectivity index (χ3n) is 6.58. The molecule has 0 atom stereocenters. The van der Waals surface area contributed by atoms with Crippen LogP contribution in [0.25, 0.3) is 0 Å². The van der Waals surface area contributed by atoms with Crippen LogP contribution in [0.2, 0.25) is 5.02 Å². The number of hydrogen-bond acceptors (Lipinski definition) is 4. The molecule has 1 amide bonds. The van der Waals surface area contributed by atoms with Crippen molar-refractivity contribution in [2.24, 2.45) is 11.8 Å². The molecule has 8 heteroatoms. The molecule has 1 aliphatic carbocycles. The lowest BCUT2D eigenvalue weighted by Gasteiger charge is -2.39. The van der Waals surface area contributed by atoms with Crippen molar-refractivity contribution in [3.63, 3.8) is 0 Å². The molecule has 1 N–H and O–H groups in total. The van der Waals surface area contributed by atoms with Gasteiger partial charge in [-0.05, 0) is 61.9 Å². The molecule has 0 bridgehead atoms. The molecule has 2 aromatic carbocycles. The summed E-state index contributed by atoms with van der Waals surface area (Å²) in [5, 5.41) is 0.726. The maximum atomic E-state index is 13.0. The highest BCUT2D eigenvalue weighted by Crippen LogP contribution is 2.31. The van der Waals surface area contributed by atoms with E-state index in [1.807, 2.05) is 23.1 Å². The molecule has 1 heterocycles. The zero-order valence-corrected chi connectivity index (χ0v) is 19.7. The van der Waals surface area contributed by atoms with Crippen LogP contribution in [-0.2, 0) is 14.8 Å². The van der Waals surface area contributed by atoms with Crippen LogP contribution in [0.4, 0.5) is 5.69 Å². The van der Waals surface area contributed by atoms with Gasteiger partial charge in [-0.15, -0.1) is 0 Å². The average Bonchev–Trinajstić information content (AvgIpc) is 2.83. The van der Waals surface area contributed by atoms with Crippen molar-refractivity contribution in [1.29, 1.82) is 0 Å². The number of nitrogens with one attached hydrogen (secondary N) is 1. The van der Waals surface area contributed by atoms with Crippen molar-refractivity contribution in [2.75, 3.05) is 37.6 Å². The van der Waals surface area contributed by atoms with Crippen molar-refractivity contribution in [1.82, 2.24) is 9.62 Å². The van der Waals surface area contributed by atoms with Crippen LogP contribution in [0.5, 0.6) is 0 Å². The predicted octanol–water partition coefficient (Wildman–Crippen LogP) is 3.77. The molecule has 2 aliphatic rings. The normalized spacial score (nSPS) is 22.0. The van der Waals surface area contributed by atoms with Crippen LogP contribution in [0, 0.1) is 11.8 Å². The van der Waals surface area contributed by atoms with E-state index < -0.39 is 10.0 Å². The fourth-order valence-corrected chi connectivity index (χ4v) is 5.96. The topological polar surface area (TPSA) is 69.7 Å². The number of halogens is 1. The van der Waals surface area contributed by atoms with Crippen LogP contribution >= 0.6 is 11.6 Å². The minimum absolute atomic E-state index is 0.0506. The molecule has 6 nitrogen and oxygen atoms in total. The van der Waals surface area contributed by atoms with E-state index >= 15 is 0 Å². The Kier molecular flexibility index (Phi) is 7.38. The van der Waals surface area contributed by atoms with Gasteiger partial charge in [-0.1, -0.05) is 35.9 Å². The lowest BCUT2D eigenvalue weighted by Crippen LogP contribution is -2.50. The van der Waals surface area contributed by atoms with Gasteiger partial charge in [0.25, 0.3) is 0 Å². The van der Waals surface area contributed by atoms with E-state index in [0.29, 0.717) is 11.4 Å². The van der Waals surface area contributed by atoms with Crippen LogP contribution in [-0.4, -0.2) is 51.9 Å². The molecular weight excluding hydrogens is 446 g/mol. The summed E-state index contributed by atoms with van der Waals surface area (Å²) in [7, 11) is -3.48. The average molecular weight is 476 g/mol. The molecule has 0 aromatic heterocycles. The Bertz CT molecular complexity index is 1020. The van der Waals surface area contributed by atoms with E-state index in [0.717, 1.165) is 62.6 Å². The van der Waals surface area contributed by atoms with E-state index in [1.165, 1.54) is 0 Å². The second-order valence-corrected chi connectivity index (χ2v) is 10.9. The summed E-state index contributed by atoms with van der Waals surface area (Å²) in [6.45, 7) is 3.49. The Hall–Kier alpha value is -2.09. The van der Waals surface area contributed by atoms with Crippen molar-refractivity contribution >= 4 is 33.2 Å². The summed E-state index contributed by atoms with van der Waals surface area (Å²) < 4.78 is 27.6. The van der Waals surface area contributed by atoms with Gasteiger partial charge in [-0.25, -0.2) is 13.1 Å². The monoisotopic (exact) mass is 475 g/mol. The quantitative estimate of drug-likeness (QED) is 0.690. The molecule has 0 unspecified atom stereocenters. The first kappa shape index (κ1) is 23.1. The highest BCUT2D eigenvalue weighted by Gasteiger charge is 2.31. The molecule has 0 radical (unpaired) electrons. The summed E-state index contributed by atoms with van der Waals surface area (Å²) in [5.41, 5.74) is 1.10. The summed E-state index contributed by atoms with van der Waals surface area (Å²) >= 11 is 6.11. The number of anilines is 1. The van der Waals surface area contributed by atoms with Gasteiger partial charge in [-0.3, -0.25) is 4.79 Å². The number of rotatable bonds is 6. The first-order valence-corrected chi connectivity index (χ1v) is 13.1. The maximum absolute atomic E-state index is 13.0. The standard InChI is InChI=1S/C24H30ClN3O3S/c25-21-5-4-6-22(17-21)27-13-15-28(16-14-27)24(29)20-11-9-19(10-12-20)18-26-32(30,31)23-7-2-1-3-8-23/h1-8,17,19-20,26H,9-16,18H2. The van der Waals surface area contributed by atoms with Crippen molar-refractivity contribution in [3.05, 3.63) is 59.6 Å². The van der Waals surface area contributed by atoms with Gasteiger partial charge in [0.15, 0.2) is 0 Å². The Morgan fingerprint density at radius 3 is 2.28 bits per heavy atom. The summed E-state index contributed by atoms with van der Waals surface area (Å²) in [5.74, 6) is 0.575.